The lowest BCUT2D eigenvalue weighted by atomic mass is 10.1. The third-order valence-corrected chi connectivity index (χ3v) is 3.00. The van der Waals surface area contributed by atoms with E-state index >= 15 is 0 Å². The largest absolute Gasteiger partial charge is 0.387 e. The molecule has 2 aromatic rings. The van der Waals surface area contributed by atoms with Crippen LogP contribution >= 0.6 is 11.6 Å². The summed E-state index contributed by atoms with van der Waals surface area (Å²) in [6, 6.07) is 15.8. The van der Waals surface area contributed by atoms with Crippen LogP contribution in [0, 0.1) is 0 Å². The van der Waals surface area contributed by atoms with Crippen LogP contribution in [0.4, 0.5) is 0 Å². The molecule has 0 saturated carbocycles. The van der Waals surface area contributed by atoms with Gasteiger partial charge in [-0.3, -0.25) is 4.79 Å². The molecular formula is C15H14ClNO2. The highest BCUT2D eigenvalue weighted by Gasteiger charge is 2.10. The van der Waals surface area contributed by atoms with Crippen molar-refractivity contribution in [2.45, 2.75) is 6.10 Å². The van der Waals surface area contributed by atoms with Crippen LogP contribution < -0.4 is 5.32 Å². The second kappa shape index (κ2) is 6.36. The molecule has 1 atom stereocenters. The van der Waals surface area contributed by atoms with E-state index in [1.165, 1.54) is 0 Å². The van der Waals surface area contributed by atoms with Gasteiger partial charge in [-0.05, 0) is 29.8 Å². The highest BCUT2D eigenvalue weighted by Crippen LogP contribution is 2.12. The smallest absolute Gasteiger partial charge is 0.251 e. The lowest BCUT2D eigenvalue weighted by molar-refractivity contribution is 0.0916. The van der Waals surface area contributed by atoms with Gasteiger partial charge >= 0.3 is 0 Å². The molecule has 0 bridgehead atoms. The van der Waals surface area contributed by atoms with E-state index in [9.17, 15) is 9.90 Å². The molecule has 0 aliphatic carbocycles. The maximum Gasteiger partial charge on any atom is 0.251 e. The standard InChI is InChI=1S/C15H14ClNO2/c16-13-8-6-12(7-9-13)15(19)17-10-14(18)11-4-2-1-3-5-11/h1-9,14,18H,10H2,(H,17,19)/t14-/m1/s1. The van der Waals surface area contributed by atoms with Crippen LogP contribution in [0.2, 0.25) is 5.02 Å². The Morgan fingerprint density at radius 3 is 2.37 bits per heavy atom. The van der Waals surface area contributed by atoms with Crippen molar-refractivity contribution in [3.8, 4) is 0 Å². The van der Waals surface area contributed by atoms with Crippen LogP contribution in [0.3, 0.4) is 0 Å². The first-order chi connectivity index (χ1) is 9.16. The Balaban J connectivity index is 1.92. The average molecular weight is 276 g/mol. The summed E-state index contributed by atoms with van der Waals surface area (Å²) in [4.78, 5) is 11.8. The molecule has 0 aromatic heterocycles. The predicted octanol–water partition coefficient (Wildman–Crippen LogP) is 2.80. The molecule has 19 heavy (non-hydrogen) atoms. The van der Waals surface area contributed by atoms with Crippen LogP contribution in [0.15, 0.2) is 54.6 Å². The molecule has 0 aliphatic heterocycles. The first-order valence-electron chi connectivity index (χ1n) is 5.93. The van der Waals surface area contributed by atoms with Crippen LogP contribution in [0.1, 0.15) is 22.0 Å². The van der Waals surface area contributed by atoms with Crippen LogP contribution in [0.25, 0.3) is 0 Å². The Labute approximate surface area is 116 Å². The summed E-state index contributed by atoms with van der Waals surface area (Å²) in [6.45, 7) is 0.172. The second-order valence-electron chi connectivity index (χ2n) is 4.14. The van der Waals surface area contributed by atoms with Gasteiger partial charge in [-0.15, -0.1) is 0 Å². The number of benzene rings is 2. The van der Waals surface area contributed by atoms with E-state index in [1.807, 2.05) is 30.3 Å². The minimum Gasteiger partial charge on any atom is -0.387 e. The number of aliphatic hydroxyl groups excluding tert-OH is 1. The van der Waals surface area contributed by atoms with Gasteiger partial charge in [0.25, 0.3) is 5.91 Å². The first-order valence-corrected chi connectivity index (χ1v) is 6.31. The van der Waals surface area contributed by atoms with E-state index < -0.39 is 6.10 Å². The van der Waals surface area contributed by atoms with E-state index in [0.717, 1.165) is 5.56 Å². The molecule has 2 rings (SSSR count). The molecule has 0 heterocycles. The van der Waals surface area contributed by atoms with Gasteiger partial charge in [-0.1, -0.05) is 41.9 Å². The molecule has 0 fully saturated rings. The zero-order valence-corrected chi connectivity index (χ0v) is 11.0. The summed E-state index contributed by atoms with van der Waals surface area (Å²) < 4.78 is 0. The molecule has 0 saturated heterocycles. The number of aliphatic hydroxyl groups is 1. The number of rotatable bonds is 4. The molecule has 4 heteroatoms. The Morgan fingerprint density at radius 1 is 1.11 bits per heavy atom. The van der Waals surface area contributed by atoms with Gasteiger partial charge in [0.1, 0.15) is 0 Å². The van der Waals surface area contributed by atoms with E-state index in [0.29, 0.717) is 10.6 Å². The molecular weight excluding hydrogens is 262 g/mol. The van der Waals surface area contributed by atoms with E-state index in [4.69, 9.17) is 11.6 Å². The van der Waals surface area contributed by atoms with Crippen molar-refractivity contribution in [3.63, 3.8) is 0 Å². The van der Waals surface area contributed by atoms with Crippen molar-refractivity contribution in [2.24, 2.45) is 0 Å². The molecule has 0 spiro atoms. The summed E-state index contributed by atoms with van der Waals surface area (Å²) >= 11 is 5.75. The fourth-order valence-corrected chi connectivity index (χ4v) is 1.81. The van der Waals surface area contributed by atoms with Crippen molar-refractivity contribution in [2.75, 3.05) is 6.54 Å². The average Bonchev–Trinajstić information content (AvgIpc) is 2.46. The third kappa shape index (κ3) is 3.81. The van der Waals surface area contributed by atoms with E-state index in [1.54, 1.807) is 24.3 Å². The third-order valence-electron chi connectivity index (χ3n) is 2.75. The highest BCUT2D eigenvalue weighted by molar-refractivity contribution is 6.30. The topological polar surface area (TPSA) is 49.3 Å². The SMILES string of the molecule is O=C(NC[C@@H](O)c1ccccc1)c1ccc(Cl)cc1. The predicted molar refractivity (Wildman–Crippen MR) is 75.2 cm³/mol. The molecule has 0 unspecified atom stereocenters. The lowest BCUT2D eigenvalue weighted by Crippen LogP contribution is -2.28. The normalized spacial score (nSPS) is 11.9. The summed E-state index contributed by atoms with van der Waals surface area (Å²) in [6.07, 6.45) is -0.711. The molecule has 0 aliphatic rings. The summed E-state index contributed by atoms with van der Waals surface area (Å²) in [5.41, 5.74) is 1.29. The zero-order chi connectivity index (χ0) is 13.7. The summed E-state index contributed by atoms with van der Waals surface area (Å²) in [5.74, 6) is -0.230. The van der Waals surface area contributed by atoms with Gasteiger partial charge in [0.15, 0.2) is 0 Å². The molecule has 98 valence electrons. The van der Waals surface area contributed by atoms with Crippen molar-refractivity contribution in [1.82, 2.24) is 5.32 Å². The minimum absolute atomic E-state index is 0.172. The molecule has 2 aromatic carbocycles. The van der Waals surface area contributed by atoms with Gasteiger partial charge < -0.3 is 10.4 Å². The molecule has 0 radical (unpaired) electrons. The van der Waals surface area contributed by atoms with Crippen molar-refractivity contribution in [1.29, 1.82) is 0 Å². The van der Waals surface area contributed by atoms with E-state index in [2.05, 4.69) is 5.32 Å². The summed E-state index contributed by atoms with van der Waals surface area (Å²) in [5, 5.41) is 13.2. The first kappa shape index (κ1) is 13.6. The lowest BCUT2D eigenvalue weighted by Gasteiger charge is -2.12. The van der Waals surface area contributed by atoms with Crippen molar-refractivity contribution in [3.05, 3.63) is 70.7 Å². The van der Waals surface area contributed by atoms with Crippen LogP contribution in [-0.4, -0.2) is 17.6 Å². The van der Waals surface area contributed by atoms with Crippen molar-refractivity contribution >= 4 is 17.5 Å². The van der Waals surface area contributed by atoms with Crippen LogP contribution in [0.5, 0.6) is 0 Å². The number of hydrogen-bond acceptors (Lipinski definition) is 2. The van der Waals surface area contributed by atoms with Gasteiger partial charge in [0.2, 0.25) is 0 Å². The van der Waals surface area contributed by atoms with Crippen molar-refractivity contribution < 1.29 is 9.90 Å². The van der Waals surface area contributed by atoms with Gasteiger partial charge in [-0.2, -0.15) is 0 Å². The zero-order valence-electron chi connectivity index (χ0n) is 10.2. The Kier molecular flexibility index (Phi) is 4.55. The fraction of sp³-hybridized carbons (Fsp3) is 0.133. The molecule has 2 N–H and O–H groups in total. The monoisotopic (exact) mass is 275 g/mol. The minimum atomic E-state index is -0.711. The molecule has 1 amide bonds. The highest BCUT2D eigenvalue weighted by atomic mass is 35.5. The number of carbonyl (C=O) groups is 1. The van der Waals surface area contributed by atoms with Gasteiger partial charge in [0.05, 0.1) is 6.10 Å². The number of halogens is 1. The fourth-order valence-electron chi connectivity index (χ4n) is 1.69. The Hall–Kier alpha value is -1.84. The number of nitrogens with one attached hydrogen (secondary N) is 1. The summed E-state index contributed by atoms with van der Waals surface area (Å²) in [7, 11) is 0. The number of carbonyl (C=O) groups excluding carboxylic acids is 1. The number of hydrogen-bond donors (Lipinski definition) is 2. The van der Waals surface area contributed by atoms with E-state index in [-0.39, 0.29) is 12.5 Å². The Morgan fingerprint density at radius 2 is 1.74 bits per heavy atom. The Bertz CT molecular complexity index is 540. The van der Waals surface area contributed by atoms with Gasteiger partial charge in [0, 0.05) is 17.1 Å². The number of amides is 1. The molecule has 3 nitrogen and oxygen atoms in total. The maximum absolute atomic E-state index is 11.8. The quantitative estimate of drug-likeness (QED) is 0.901. The maximum atomic E-state index is 11.8. The van der Waals surface area contributed by atoms with Gasteiger partial charge in [-0.25, -0.2) is 0 Å². The second-order valence-corrected chi connectivity index (χ2v) is 4.58. The van der Waals surface area contributed by atoms with Crippen LogP contribution in [-0.2, 0) is 0 Å².